The van der Waals surface area contributed by atoms with E-state index in [2.05, 4.69) is 20.2 Å². The number of pyridine rings is 1. The van der Waals surface area contributed by atoms with Crippen LogP contribution in [0.3, 0.4) is 0 Å². The van der Waals surface area contributed by atoms with Crippen LogP contribution in [0.4, 0.5) is 5.82 Å². The Hall–Kier alpha value is -2.48. The number of likely N-dealkylation sites (tertiary alicyclic amines) is 1. The SMILES string of the molecule is Cn1c(=O)c(N2CCC[C@@H](C(=O)NCCCN3CCCCCC3)C2)nc2cccnc21. The molecule has 0 aromatic carbocycles. The summed E-state index contributed by atoms with van der Waals surface area (Å²) in [5, 5.41) is 3.13. The van der Waals surface area contributed by atoms with Gasteiger partial charge in [-0.05, 0) is 63.9 Å². The first kappa shape index (κ1) is 21.7. The zero-order valence-electron chi connectivity index (χ0n) is 18.6. The Labute approximate surface area is 183 Å². The molecule has 1 amide bonds. The molecule has 1 N–H and O–H groups in total. The van der Waals surface area contributed by atoms with Crippen LogP contribution in [0, 0.1) is 5.92 Å². The zero-order chi connectivity index (χ0) is 21.6. The highest BCUT2D eigenvalue weighted by Crippen LogP contribution is 2.21. The Morgan fingerprint density at radius 3 is 2.77 bits per heavy atom. The monoisotopic (exact) mass is 426 g/mol. The Bertz CT molecular complexity index is 951. The number of fused-ring (bicyclic) bond motifs is 1. The molecule has 0 radical (unpaired) electrons. The van der Waals surface area contributed by atoms with Crippen molar-refractivity contribution >= 4 is 22.9 Å². The Morgan fingerprint density at radius 2 is 1.97 bits per heavy atom. The Balaban J connectivity index is 1.33. The number of hydrogen-bond donors (Lipinski definition) is 1. The van der Waals surface area contributed by atoms with Crippen molar-refractivity contribution in [2.45, 2.75) is 44.9 Å². The number of amides is 1. The van der Waals surface area contributed by atoms with Crippen molar-refractivity contribution < 1.29 is 4.79 Å². The summed E-state index contributed by atoms with van der Waals surface area (Å²) >= 11 is 0. The minimum absolute atomic E-state index is 0.0971. The van der Waals surface area contributed by atoms with Gasteiger partial charge in [-0.3, -0.25) is 14.2 Å². The van der Waals surface area contributed by atoms with Gasteiger partial charge < -0.3 is 15.1 Å². The summed E-state index contributed by atoms with van der Waals surface area (Å²) in [7, 11) is 1.72. The lowest BCUT2D eigenvalue weighted by Gasteiger charge is -2.32. The van der Waals surface area contributed by atoms with Crippen LogP contribution in [-0.4, -0.2) is 64.6 Å². The van der Waals surface area contributed by atoms with Crippen molar-refractivity contribution in [2.75, 3.05) is 44.2 Å². The average Bonchev–Trinajstić information content (AvgIpc) is 3.08. The van der Waals surface area contributed by atoms with E-state index in [4.69, 9.17) is 0 Å². The van der Waals surface area contributed by atoms with Crippen LogP contribution in [0.1, 0.15) is 44.9 Å². The van der Waals surface area contributed by atoms with Crippen LogP contribution in [0.5, 0.6) is 0 Å². The second kappa shape index (κ2) is 10.2. The summed E-state index contributed by atoms with van der Waals surface area (Å²) in [6.07, 6.45) is 9.66. The topological polar surface area (TPSA) is 83.4 Å². The van der Waals surface area contributed by atoms with Gasteiger partial charge in [0.2, 0.25) is 5.91 Å². The van der Waals surface area contributed by atoms with Crippen LogP contribution in [0.2, 0.25) is 0 Å². The number of aryl methyl sites for hydroxylation is 1. The third kappa shape index (κ3) is 5.23. The predicted molar refractivity (Wildman–Crippen MR) is 122 cm³/mol. The van der Waals surface area contributed by atoms with Gasteiger partial charge in [0.25, 0.3) is 5.56 Å². The fourth-order valence-corrected chi connectivity index (χ4v) is 4.75. The maximum atomic E-state index is 12.9. The normalized spacial score (nSPS) is 20.5. The van der Waals surface area contributed by atoms with Crippen molar-refractivity contribution in [3.63, 3.8) is 0 Å². The molecule has 168 valence electrons. The Morgan fingerprint density at radius 1 is 1.16 bits per heavy atom. The molecule has 0 spiro atoms. The van der Waals surface area contributed by atoms with Gasteiger partial charge in [-0.2, -0.15) is 0 Å². The van der Waals surface area contributed by atoms with Crippen LogP contribution in [-0.2, 0) is 11.8 Å². The van der Waals surface area contributed by atoms with E-state index < -0.39 is 0 Å². The molecule has 0 bridgehead atoms. The van der Waals surface area contributed by atoms with Crippen molar-refractivity contribution in [2.24, 2.45) is 13.0 Å². The van der Waals surface area contributed by atoms with Gasteiger partial charge in [-0.25, -0.2) is 9.97 Å². The molecule has 31 heavy (non-hydrogen) atoms. The fourth-order valence-electron chi connectivity index (χ4n) is 4.75. The summed E-state index contributed by atoms with van der Waals surface area (Å²) in [5.74, 6) is 0.407. The quantitative estimate of drug-likeness (QED) is 0.711. The summed E-state index contributed by atoms with van der Waals surface area (Å²) < 4.78 is 1.55. The molecular formula is C23H34N6O2. The third-order valence-corrected chi connectivity index (χ3v) is 6.55. The number of piperidine rings is 1. The lowest BCUT2D eigenvalue weighted by atomic mass is 9.97. The van der Waals surface area contributed by atoms with E-state index in [-0.39, 0.29) is 17.4 Å². The number of nitrogens with zero attached hydrogens (tertiary/aromatic N) is 5. The second-order valence-electron chi connectivity index (χ2n) is 8.83. The van der Waals surface area contributed by atoms with Gasteiger partial charge in [-0.15, -0.1) is 0 Å². The van der Waals surface area contributed by atoms with Gasteiger partial charge in [0.15, 0.2) is 11.5 Å². The lowest BCUT2D eigenvalue weighted by Crippen LogP contribution is -2.46. The number of carbonyl (C=O) groups excluding carboxylic acids is 1. The largest absolute Gasteiger partial charge is 0.356 e. The second-order valence-corrected chi connectivity index (χ2v) is 8.83. The van der Waals surface area contributed by atoms with Crippen LogP contribution < -0.4 is 15.8 Å². The van der Waals surface area contributed by atoms with E-state index in [0.29, 0.717) is 30.1 Å². The van der Waals surface area contributed by atoms with Crippen molar-refractivity contribution in [1.29, 1.82) is 0 Å². The first-order valence-electron chi connectivity index (χ1n) is 11.7. The number of anilines is 1. The van der Waals surface area contributed by atoms with Crippen molar-refractivity contribution in [3.8, 4) is 0 Å². The number of nitrogens with one attached hydrogen (secondary N) is 1. The number of carbonyl (C=O) groups is 1. The molecule has 2 saturated heterocycles. The molecule has 2 aromatic rings. The van der Waals surface area contributed by atoms with Gasteiger partial charge in [0.1, 0.15) is 5.52 Å². The molecule has 4 rings (SSSR count). The van der Waals surface area contributed by atoms with Gasteiger partial charge in [0, 0.05) is 32.9 Å². The van der Waals surface area contributed by atoms with Gasteiger partial charge >= 0.3 is 0 Å². The first-order valence-corrected chi connectivity index (χ1v) is 11.7. The fraction of sp³-hybridized carbons (Fsp3) is 0.652. The highest BCUT2D eigenvalue weighted by atomic mass is 16.2. The maximum Gasteiger partial charge on any atom is 0.294 e. The smallest absolute Gasteiger partial charge is 0.294 e. The summed E-state index contributed by atoms with van der Waals surface area (Å²) in [6.45, 7) is 5.43. The van der Waals surface area contributed by atoms with Crippen molar-refractivity contribution in [1.82, 2.24) is 24.8 Å². The van der Waals surface area contributed by atoms with Crippen molar-refractivity contribution in [3.05, 3.63) is 28.7 Å². The zero-order valence-corrected chi connectivity index (χ0v) is 18.6. The minimum atomic E-state index is -0.162. The van der Waals surface area contributed by atoms with Gasteiger partial charge in [0.05, 0.1) is 5.92 Å². The molecule has 2 aliphatic rings. The van der Waals surface area contributed by atoms with Crippen LogP contribution in [0.25, 0.3) is 11.2 Å². The summed E-state index contributed by atoms with van der Waals surface area (Å²) in [5.41, 5.74) is 1.11. The number of hydrogen-bond acceptors (Lipinski definition) is 6. The van der Waals surface area contributed by atoms with E-state index >= 15 is 0 Å². The molecule has 1 atom stereocenters. The maximum absolute atomic E-state index is 12.9. The molecule has 2 aliphatic heterocycles. The van der Waals surface area contributed by atoms with E-state index in [1.165, 1.54) is 38.8 Å². The Kier molecular flexibility index (Phi) is 7.17. The standard InChI is InChI=1S/C23H34N6O2/c1-27-20-19(10-6-11-24-20)26-21(23(27)31)29-16-7-9-18(17-29)22(30)25-12-8-15-28-13-4-2-3-5-14-28/h6,10-11,18H,2-5,7-9,12-17H2,1H3,(H,25,30)/t18-/m1/s1. The first-order chi connectivity index (χ1) is 15.1. The molecule has 0 aliphatic carbocycles. The molecule has 8 nitrogen and oxygen atoms in total. The molecule has 0 unspecified atom stereocenters. The minimum Gasteiger partial charge on any atom is -0.356 e. The lowest BCUT2D eigenvalue weighted by molar-refractivity contribution is -0.125. The summed E-state index contributed by atoms with van der Waals surface area (Å²) in [6, 6.07) is 3.69. The molecule has 2 fully saturated rings. The molecular weight excluding hydrogens is 392 g/mol. The third-order valence-electron chi connectivity index (χ3n) is 6.55. The van der Waals surface area contributed by atoms with Gasteiger partial charge in [-0.1, -0.05) is 12.8 Å². The average molecular weight is 427 g/mol. The molecule has 4 heterocycles. The highest BCUT2D eigenvalue weighted by Gasteiger charge is 2.28. The van der Waals surface area contributed by atoms with E-state index in [1.807, 2.05) is 17.0 Å². The molecule has 0 saturated carbocycles. The van der Waals surface area contributed by atoms with E-state index in [9.17, 15) is 9.59 Å². The van der Waals surface area contributed by atoms with Crippen LogP contribution in [0.15, 0.2) is 23.1 Å². The summed E-state index contributed by atoms with van der Waals surface area (Å²) in [4.78, 5) is 39.0. The predicted octanol–water partition coefficient (Wildman–Crippen LogP) is 1.93. The molecule has 2 aromatic heterocycles. The highest BCUT2D eigenvalue weighted by molar-refractivity contribution is 5.79. The number of aromatic nitrogens is 3. The van der Waals surface area contributed by atoms with Crippen LogP contribution >= 0.6 is 0 Å². The molecule has 8 heteroatoms. The van der Waals surface area contributed by atoms with E-state index in [0.717, 1.165) is 32.4 Å². The number of rotatable bonds is 6. The van der Waals surface area contributed by atoms with E-state index in [1.54, 1.807) is 17.8 Å².